The highest BCUT2D eigenvalue weighted by atomic mass is 35.5. The Morgan fingerprint density at radius 1 is 1.14 bits per heavy atom. The topological polar surface area (TPSA) is 82.9 Å². The molecule has 3 aromatic rings. The van der Waals surface area contributed by atoms with Crippen LogP contribution in [-0.4, -0.2) is 27.7 Å². The van der Waals surface area contributed by atoms with Gasteiger partial charge in [0.05, 0.1) is 29.1 Å². The van der Waals surface area contributed by atoms with Crippen LogP contribution in [0, 0.1) is 6.92 Å². The van der Waals surface area contributed by atoms with E-state index < -0.39 is 5.97 Å². The van der Waals surface area contributed by atoms with E-state index in [0.717, 1.165) is 27.3 Å². The molecule has 6 nitrogen and oxygen atoms in total. The number of hydrazone groups is 1. The van der Waals surface area contributed by atoms with Crippen LogP contribution in [0.15, 0.2) is 53.6 Å². The van der Waals surface area contributed by atoms with Crippen molar-refractivity contribution in [3.63, 3.8) is 0 Å². The number of halogens is 1. The Balaban J connectivity index is 1.80. The van der Waals surface area contributed by atoms with Crippen LogP contribution < -0.4 is 5.01 Å². The molecule has 0 radical (unpaired) electrons. The van der Waals surface area contributed by atoms with E-state index >= 15 is 0 Å². The lowest BCUT2D eigenvalue weighted by Gasteiger charge is -2.06. The molecule has 1 amide bonds. The van der Waals surface area contributed by atoms with E-state index in [1.54, 1.807) is 12.1 Å². The van der Waals surface area contributed by atoms with Gasteiger partial charge in [-0.2, -0.15) is 10.1 Å². The maximum atomic E-state index is 12.4. The molecule has 1 aliphatic rings. The first-order valence-electron chi connectivity index (χ1n) is 8.85. The Labute approximate surface area is 176 Å². The molecule has 2 heterocycles. The number of hydrogen-bond donors (Lipinski definition) is 1. The summed E-state index contributed by atoms with van der Waals surface area (Å²) in [6.07, 6.45) is -0.273. The molecular formula is C21H16ClN3O3S. The van der Waals surface area contributed by atoms with E-state index in [-0.39, 0.29) is 18.7 Å². The molecule has 2 aromatic carbocycles. The largest absolute Gasteiger partial charge is 0.481 e. The molecular weight excluding hydrogens is 410 g/mol. The van der Waals surface area contributed by atoms with Crippen molar-refractivity contribution in [3.8, 4) is 21.7 Å². The molecule has 0 aliphatic carbocycles. The van der Waals surface area contributed by atoms with Crippen molar-refractivity contribution in [1.82, 2.24) is 4.98 Å². The molecule has 0 fully saturated rings. The number of carbonyl (C=O) groups excluding carboxylic acids is 1. The number of benzene rings is 2. The van der Waals surface area contributed by atoms with Gasteiger partial charge in [0, 0.05) is 10.6 Å². The molecule has 146 valence electrons. The maximum absolute atomic E-state index is 12.4. The van der Waals surface area contributed by atoms with Crippen LogP contribution in [0.3, 0.4) is 0 Å². The van der Waals surface area contributed by atoms with Gasteiger partial charge in [0.25, 0.3) is 5.91 Å². The van der Waals surface area contributed by atoms with Crippen molar-refractivity contribution in [2.24, 2.45) is 5.10 Å². The van der Waals surface area contributed by atoms with Gasteiger partial charge < -0.3 is 5.11 Å². The number of amides is 1. The first kappa shape index (κ1) is 19.3. The second-order valence-electron chi connectivity index (χ2n) is 6.67. The van der Waals surface area contributed by atoms with E-state index in [9.17, 15) is 9.59 Å². The summed E-state index contributed by atoms with van der Waals surface area (Å²) in [5, 5.41) is 15.4. The number of hydrogen-bond acceptors (Lipinski definition) is 5. The third-order valence-corrected chi connectivity index (χ3v) is 5.75. The molecule has 0 spiro atoms. The molecule has 0 unspecified atom stereocenters. The van der Waals surface area contributed by atoms with Crippen molar-refractivity contribution in [3.05, 3.63) is 59.1 Å². The summed E-state index contributed by atoms with van der Waals surface area (Å²) in [5.41, 5.74) is 4.03. The average molecular weight is 426 g/mol. The van der Waals surface area contributed by atoms with E-state index in [1.807, 2.05) is 43.3 Å². The molecule has 0 bridgehead atoms. The highest BCUT2D eigenvalue weighted by Crippen LogP contribution is 2.41. The third kappa shape index (κ3) is 4.06. The van der Waals surface area contributed by atoms with E-state index in [2.05, 4.69) is 10.1 Å². The van der Waals surface area contributed by atoms with Crippen LogP contribution in [-0.2, 0) is 9.59 Å². The van der Waals surface area contributed by atoms with Crippen LogP contribution >= 0.6 is 22.9 Å². The highest BCUT2D eigenvalue weighted by molar-refractivity contribution is 7.19. The summed E-state index contributed by atoms with van der Waals surface area (Å²) in [6.45, 7) is 2.02. The first-order valence-corrected chi connectivity index (χ1v) is 10.0. The molecule has 0 atom stereocenters. The summed E-state index contributed by atoms with van der Waals surface area (Å²) < 4.78 is 0. The Kier molecular flexibility index (Phi) is 5.17. The van der Waals surface area contributed by atoms with Gasteiger partial charge in [0.1, 0.15) is 0 Å². The second-order valence-corrected chi connectivity index (χ2v) is 8.08. The smallest absolute Gasteiger partial charge is 0.309 e. The summed E-state index contributed by atoms with van der Waals surface area (Å²) in [4.78, 5) is 29.0. The van der Waals surface area contributed by atoms with Gasteiger partial charge in [-0.25, -0.2) is 4.98 Å². The number of carbonyl (C=O) groups is 2. The molecule has 0 saturated carbocycles. The lowest BCUT2D eigenvalue weighted by Crippen LogP contribution is -2.19. The van der Waals surface area contributed by atoms with Gasteiger partial charge in [0.15, 0.2) is 0 Å². The standard InChI is InChI=1S/C21H16ClN3O3S/c1-12-2-4-14(5-3-12)20-19(13-6-8-15(22)9-7-13)23-21(29-20)25-17(26)10-16(24-25)11-18(27)28/h2-9H,10-11H2,1H3,(H,27,28). The summed E-state index contributed by atoms with van der Waals surface area (Å²) in [6, 6.07) is 15.4. The van der Waals surface area contributed by atoms with Crippen molar-refractivity contribution in [2.75, 3.05) is 5.01 Å². The predicted octanol–water partition coefficient (Wildman–Crippen LogP) is 5.01. The number of carboxylic acids is 1. The van der Waals surface area contributed by atoms with Crippen molar-refractivity contribution in [1.29, 1.82) is 0 Å². The zero-order valence-electron chi connectivity index (χ0n) is 15.4. The summed E-state index contributed by atoms with van der Waals surface area (Å²) >= 11 is 7.37. The minimum Gasteiger partial charge on any atom is -0.481 e. The normalized spacial score (nSPS) is 13.7. The lowest BCUT2D eigenvalue weighted by atomic mass is 10.1. The van der Waals surface area contributed by atoms with Crippen LogP contribution in [0.2, 0.25) is 5.02 Å². The fourth-order valence-corrected chi connectivity index (χ4v) is 4.20. The first-order chi connectivity index (χ1) is 13.9. The number of aliphatic carboxylic acids is 1. The minimum atomic E-state index is -1.01. The predicted molar refractivity (Wildman–Crippen MR) is 115 cm³/mol. The average Bonchev–Trinajstić information content (AvgIpc) is 3.26. The molecule has 1 aliphatic heterocycles. The minimum absolute atomic E-state index is 0.0119. The summed E-state index contributed by atoms with van der Waals surface area (Å²) in [5.74, 6) is -1.30. The number of nitrogens with zero attached hydrogens (tertiary/aromatic N) is 3. The van der Waals surface area contributed by atoms with Gasteiger partial charge in [-0.15, -0.1) is 0 Å². The van der Waals surface area contributed by atoms with Crippen LogP contribution in [0.5, 0.6) is 0 Å². The Bertz CT molecular complexity index is 1060. The molecule has 1 N–H and O–H groups in total. The van der Waals surface area contributed by atoms with Gasteiger partial charge in [-0.05, 0) is 24.6 Å². The highest BCUT2D eigenvalue weighted by Gasteiger charge is 2.30. The van der Waals surface area contributed by atoms with E-state index in [4.69, 9.17) is 16.7 Å². The number of aryl methyl sites for hydroxylation is 1. The van der Waals surface area contributed by atoms with Crippen LogP contribution in [0.25, 0.3) is 21.7 Å². The molecule has 29 heavy (non-hydrogen) atoms. The van der Waals surface area contributed by atoms with E-state index in [1.165, 1.54) is 16.3 Å². The number of carboxylic acid groups (broad SMARTS) is 1. The van der Waals surface area contributed by atoms with Gasteiger partial charge >= 0.3 is 5.97 Å². The maximum Gasteiger partial charge on any atom is 0.309 e. The van der Waals surface area contributed by atoms with E-state index in [0.29, 0.717) is 15.9 Å². The zero-order chi connectivity index (χ0) is 20.5. The fraction of sp³-hybridized carbons (Fsp3) is 0.143. The Morgan fingerprint density at radius 3 is 2.45 bits per heavy atom. The second kappa shape index (κ2) is 7.77. The summed E-state index contributed by atoms with van der Waals surface area (Å²) in [7, 11) is 0. The zero-order valence-corrected chi connectivity index (χ0v) is 17.0. The van der Waals surface area contributed by atoms with Crippen molar-refractivity contribution in [2.45, 2.75) is 19.8 Å². The number of anilines is 1. The number of rotatable bonds is 5. The van der Waals surface area contributed by atoms with Crippen molar-refractivity contribution < 1.29 is 14.7 Å². The van der Waals surface area contributed by atoms with Gasteiger partial charge in [-0.3, -0.25) is 9.59 Å². The lowest BCUT2D eigenvalue weighted by molar-refractivity contribution is -0.135. The monoisotopic (exact) mass is 425 g/mol. The molecule has 4 rings (SSSR count). The van der Waals surface area contributed by atoms with Gasteiger partial charge in [0.2, 0.25) is 5.13 Å². The van der Waals surface area contributed by atoms with Crippen LogP contribution in [0.1, 0.15) is 18.4 Å². The molecule has 8 heteroatoms. The fourth-order valence-electron chi connectivity index (χ4n) is 3.01. The van der Waals surface area contributed by atoms with Crippen molar-refractivity contribution >= 4 is 45.7 Å². The SMILES string of the molecule is Cc1ccc(-c2sc(N3N=C(CC(=O)O)CC3=O)nc2-c2ccc(Cl)cc2)cc1. The third-order valence-electron chi connectivity index (χ3n) is 4.42. The van der Waals surface area contributed by atoms with Gasteiger partial charge in [-0.1, -0.05) is 64.9 Å². The molecule has 0 saturated heterocycles. The number of thiazole rings is 1. The Morgan fingerprint density at radius 2 is 1.79 bits per heavy atom. The van der Waals surface area contributed by atoms with Crippen LogP contribution in [0.4, 0.5) is 5.13 Å². The quantitative estimate of drug-likeness (QED) is 0.623. The Hall–Kier alpha value is -3.03. The molecule has 1 aromatic heterocycles. The number of aromatic nitrogens is 1.